The summed E-state index contributed by atoms with van der Waals surface area (Å²) in [6.07, 6.45) is 36.4. The van der Waals surface area contributed by atoms with Gasteiger partial charge in [0.1, 0.15) is 12.2 Å². The predicted molar refractivity (Wildman–Crippen MR) is 191 cm³/mol. The molecule has 4 unspecified atom stereocenters. The fourth-order valence-electron chi connectivity index (χ4n) is 5.74. The molecule has 45 heavy (non-hydrogen) atoms. The van der Waals surface area contributed by atoms with Crippen LogP contribution in [0.5, 0.6) is 0 Å². The van der Waals surface area contributed by atoms with Crippen molar-refractivity contribution >= 4 is 5.91 Å². The van der Waals surface area contributed by atoms with Crippen LogP contribution in [0, 0.1) is 0 Å². The van der Waals surface area contributed by atoms with E-state index in [1.54, 1.807) is 0 Å². The molecular formula is C39H75NO5. The molecule has 0 aliphatic rings. The average molecular weight is 638 g/mol. The van der Waals surface area contributed by atoms with Crippen LogP contribution in [0.4, 0.5) is 0 Å². The summed E-state index contributed by atoms with van der Waals surface area (Å²) in [6.45, 7) is 3.97. The third-order valence-corrected chi connectivity index (χ3v) is 8.88. The van der Waals surface area contributed by atoms with Crippen LogP contribution in [0.25, 0.3) is 0 Å². The third-order valence-electron chi connectivity index (χ3n) is 8.88. The lowest BCUT2D eigenvalue weighted by molar-refractivity contribution is -0.132. The maximum Gasteiger partial charge on any atom is 0.249 e. The van der Waals surface area contributed by atoms with Gasteiger partial charge in [-0.25, -0.2) is 0 Å². The second-order valence-corrected chi connectivity index (χ2v) is 13.3. The molecule has 0 aromatic carbocycles. The number of allylic oxidation sites excluding steroid dienone is 4. The van der Waals surface area contributed by atoms with Crippen LogP contribution in [0.15, 0.2) is 24.3 Å². The molecule has 0 aromatic rings. The van der Waals surface area contributed by atoms with Gasteiger partial charge in [-0.2, -0.15) is 0 Å². The van der Waals surface area contributed by atoms with Crippen LogP contribution in [0.3, 0.4) is 0 Å². The van der Waals surface area contributed by atoms with Gasteiger partial charge in [0, 0.05) is 0 Å². The topological polar surface area (TPSA) is 110 Å². The zero-order chi connectivity index (χ0) is 33.2. The maximum absolute atomic E-state index is 12.4. The highest BCUT2D eigenvalue weighted by molar-refractivity contribution is 5.80. The number of carbonyl (C=O) groups is 1. The number of hydrogen-bond donors (Lipinski definition) is 5. The van der Waals surface area contributed by atoms with Gasteiger partial charge in [0.25, 0.3) is 0 Å². The van der Waals surface area contributed by atoms with Gasteiger partial charge in [0.15, 0.2) is 0 Å². The number of aliphatic hydroxyl groups excluding tert-OH is 4. The minimum absolute atomic E-state index is 0.348. The van der Waals surface area contributed by atoms with Crippen LogP contribution in [0.2, 0.25) is 0 Å². The Morgan fingerprint density at radius 2 is 0.933 bits per heavy atom. The highest BCUT2D eigenvalue weighted by Crippen LogP contribution is 2.15. The Labute approximate surface area is 278 Å². The van der Waals surface area contributed by atoms with Gasteiger partial charge in [-0.3, -0.25) is 4.79 Å². The first-order chi connectivity index (χ1) is 22.0. The molecule has 6 heteroatoms. The molecule has 0 saturated heterocycles. The molecule has 0 saturated carbocycles. The van der Waals surface area contributed by atoms with Crippen molar-refractivity contribution < 1.29 is 25.2 Å². The van der Waals surface area contributed by atoms with E-state index in [-0.39, 0.29) is 0 Å². The van der Waals surface area contributed by atoms with E-state index in [9.17, 15) is 25.2 Å². The normalized spacial score (nSPS) is 14.7. The largest absolute Gasteiger partial charge is 0.394 e. The maximum atomic E-state index is 12.4. The molecular weight excluding hydrogens is 562 g/mol. The van der Waals surface area contributed by atoms with Crippen LogP contribution >= 0.6 is 0 Å². The van der Waals surface area contributed by atoms with Gasteiger partial charge in [0.2, 0.25) is 5.91 Å². The summed E-state index contributed by atoms with van der Waals surface area (Å²) in [4.78, 5) is 12.4. The minimum Gasteiger partial charge on any atom is -0.394 e. The molecule has 1 amide bonds. The van der Waals surface area contributed by atoms with E-state index in [1.807, 2.05) is 0 Å². The molecule has 0 aromatic heterocycles. The lowest BCUT2D eigenvalue weighted by Crippen LogP contribution is -2.53. The van der Waals surface area contributed by atoms with Gasteiger partial charge in [-0.15, -0.1) is 0 Å². The van der Waals surface area contributed by atoms with E-state index >= 15 is 0 Å². The second kappa shape index (κ2) is 34.1. The standard InChI is InChI=1S/C39H75NO5/c1-3-5-7-9-11-13-15-16-17-18-19-20-21-22-23-25-26-28-30-32-36(42)38(44)35(34-41)40-39(45)37(43)33-31-29-27-24-14-12-10-8-6-4-2/h10,12,25-26,35-38,41-44H,3-9,11,13-24,27-34H2,1-2H3,(H,40,45)/b12-10-,26-25+. The lowest BCUT2D eigenvalue weighted by Gasteiger charge is -2.27. The SMILES string of the molecule is CCCC/C=C\CCCCCCC(O)C(=O)NC(CO)C(O)C(O)CCC/C=C/CCCCCCCCCCCCCCCC. The Kier molecular flexibility index (Phi) is 33.2. The molecule has 266 valence electrons. The number of carbonyl (C=O) groups excluding carboxylic acids is 1. The van der Waals surface area contributed by atoms with E-state index in [4.69, 9.17) is 0 Å². The summed E-state index contributed by atoms with van der Waals surface area (Å²) in [6, 6.07) is -1.00. The van der Waals surface area contributed by atoms with Crippen molar-refractivity contribution in [2.75, 3.05) is 6.61 Å². The monoisotopic (exact) mass is 638 g/mol. The van der Waals surface area contributed by atoms with Gasteiger partial charge in [0.05, 0.1) is 18.8 Å². The minimum atomic E-state index is -1.28. The van der Waals surface area contributed by atoms with Crippen molar-refractivity contribution in [3.8, 4) is 0 Å². The first kappa shape index (κ1) is 43.8. The Morgan fingerprint density at radius 3 is 1.40 bits per heavy atom. The zero-order valence-electron chi connectivity index (χ0n) is 29.6. The molecule has 4 atom stereocenters. The first-order valence-corrected chi connectivity index (χ1v) is 19.2. The molecule has 0 bridgehead atoms. The zero-order valence-corrected chi connectivity index (χ0v) is 29.6. The predicted octanol–water partition coefficient (Wildman–Crippen LogP) is 9.23. The molecule has 0 radical (unpaired) electrons. The Balaban J connectivity index is 3.81. The summed E-state index contributed by atoms with van der Waals surface area (Å²) >= 11 is 0. The lowest BCUT2D eigenvalue weighted by atomic mass is 10.00. The Hall–Kier alpha value is -1.21. The molecule has 0 spiro atoms. The van der Waals surface area contributed by atoms with Crippen molar-refractivity contribution in [1.29, 1.82) is 0 Å². The van der Waals surface area contributed by atoms with Crippen LogP contribution in [-0.4, -0.2) is 57.3 Å². The number of aliphatic hydroxyl groups is 4. The van der Waals surface area contributed by atoms with Crippen LogP contribution < -0.4 is 5.32 Å². The first-order valence-electron chi connectivity index (χ1n) is 19.2. The highest BCUT2D eigenvalue weighted by atomic mass is 16.3. The van der Waals surface area contributed by atoms with E-state index in [1.165, 1.54) is 103 Å². The molecule has 0 aliphatic heterocycles. The Morgan fingerprint density at radius 1 is 0.533 bits per heavy atom. The summed E-state index contributed by atoms with van der Waals surface area (Å²) in [5.41, 5.74) is 0. The third kappa shape index (κ3) is 28.7. The number of amides is 1. The summed E-state index contributed by atoms with van der Waals surface area (Å²) in [5, 5.41) is 43.3. The molecule has 6 nitrogen and oxygen atoms in total. The van der Waals surface area contributed by atoms with Crippen molar-refractivity contribution in [2.24, 2.45) is 0 Å². The van der Waals surface area contributed by atoms with Gasteiger partial charge in [-0.1, -0.05) is 154 Å². The van der Waals surface area contributed by atoms with E-state index < -0.39 is 36.9 Å². The van der Waals surface area contributed by atoms with Gasteiger partial charge in [-0.05, 0) is 57.8 Å². The highest BCUT2D eigenvalue weighted by Gasteiger charge is 2.28. The fourth-order valence-corrected chi connectivity index (χ4v) is 5.74. The number of hydrogen-bond acceptors (Lipinski definition) is 5. The average Bonchev–Trinajstić information content (AvgIpc) is 3.04. The molecule has 0 fully saturated rings. The van der Waals surface area contributed by atoms with E-state index in [0.717, 1.165) is 57.8 Å². The summed E-state index contributed by atoms with van der Waals surface area (Å²) < 4.78 is 0. The fraction of sp³-hybridized carbons (Fsp3) is 0.872. The van der Waals surface area contributed by atoms with Gasteiger partial charge >= 0.3 is 0 Å². The van der Waals surface area contributed by atoms with Crippen molar-refractivity contribution in [1.82, 2.24) is 5.32 Å². The van der Waals surface area contributed by atoms with Crippen molar-refractivity contribution in [3.63, 3.8) is 0 Å². The van der Waals surface area contributed by atoms with Crippen molar-refractivity contribution in [3.05, 3.63) is 24.3 Å². The number of nitrogens with one attached hydrogen (secondary N) is 1. The van der Waals surface area contributed by atoms with E-state index in [2.05, 4.69) is 43.5 Å². The second-order valence-electron chi connectivity index (χ2n) is 13.3. The van der Waals surface area contributed by atoms with Crippen LogP contribution in [-0.2, 0) is 4.79 Å². The molecule has 5 N–H and O–H groups in total. The molecule has 0 rings (SSSR count). The number of unbranched alkanes of at least 4 members (excludes halogenated alkanes) is 21. The summed E-state index contributed by atoms with van der Waals surface area (Å²) in [7, 11) is 0. The quantitative estimate of drug-likeness (QED) is 0.0357. The summed E-state index contributed by atoms with van der Waals surface area (Å²) in [5.74, 6) is -0.606. The molecule has 0 aliphatic carbocycles. The van der Waals surface area contributed by atoms with Crippen LogP contribution in [0.1, 0.15) is 187 Å². The Bertz CT molecular complexity index is 682. The molecule has 0 heterocycles. The smallest absolute Gasteiger partial charge is 0.249 e. The van der Waals surface area contributed by atoms with Crippen molar-refractivity contribution in [2.45, 2.75) is 212 Å². The van der Waals surface area contributed by atoms with Gasteiger partial charge < -0.3 is 25.7 Å². The van der Waals surface area contributed by atoms with E-state index in [0.29, 0.717) is 12.8 Å². The number of rotatable bonds is 34.